The molecule has 0 bridgehead atoms. The Morgan fingerprint density at radius 3 is 2.53 bits per heavy atom. The summed E-state index contributed by atoms with van der Waals surface area (Å²) in [5, 5.41) is 6.67. The Morgan fingerprint density at radius 2 is 1.87 bits per heavy atom. The van der Waals surface area contributed by atoms with Gasteiger partial charge in [-0.25, -0.2) is 4.39 Å². The van der Waals surface area contributed by atoms with Crippen LogP contribution in [0.25, 0.3) is 0 Å². The van der Waals surface area contributed by atoms with Crippen molar-refractivity contribution >= 4 is 29.9 Å². The van der Waals surface area contributed by atoms with Gasteiger partial charge in [-0.1, -0.05) is 25.5 Å². The second-order valence-electron chi connectivity index (χ2n) is 7.33. The number of nitrogens with zero attached hydrogens (tertiary/aromatic N) is 1. The molecule has 30 heavy (non-hydrogen) atoms. The van der Waals surface area contributed by atoms with E-state index >= 15 is 0 Å². The Labute approximate surface area is 197 Å². The first-order valence-electron chi connectivity index (χ1n) is 10.6. The van der Waals surface area contributed by atoms with Crippen LogP contribution in [0.3, 0.4) is 0 Å². The van der Waals surface area contributed by atoms with Gasteiger partial charge in [-0.3, -0.25) is 4.99 Å². The quantitative estimate of drug-likeness (QED) is 0.185. The minimum absolute atomic E-state index is 0. The molecule has 0 radical (unpaired) electrons. The molecular formula is C22H37FIN3O3. The van der Waals surface area contributed by atoms with Crippen molar-refractivity contribution in [3.8, 4) is 0 Å². The van der Waals surface area contributed by atoms with Crippen LogP contribution < -0.4 is 10.6 Å². The fourth-order valence-electron chi connectivity index (χ4n) is 3.43. The van der Waals surface area contributed by atoms with Crippen LogP contribution in [0.15, 0.2) is 29.3 Å². The van der Waals surface area contributed by atoms with Crippen LogP contribution in [0.5, 0.6) is 0 Å². The van der Waals surface area contributed by atoms with E-state index in [1.807, 2.05) is 6.07 Å². The number of nitrogens with one attached hydrogen (secondary N) is 2. The van der Waals surface area contributed by atoms with E-state index in [0.29, 0.717) is 46.1 Å². The molecule has 172 valence electrons. The predicted octanol–water partition coefficient (Wildman–Crippen LogP) is 3.49. The number of benzene rings is 1. The Balaban J connectivity index is 0.00000450. The number of guanidine groups is 1. The lowest BCUT2D eigenvalue weighted by Gasteiger charge is -2.38. The van der Waals surface area contributed by atoms with Crippen LogP contribution in [0.2, 0.25) is 0 Å². The van der Waals surface area contributed by atoms with Gasteiger partial charge in [-0.05, 0) is 37.0 Å². The number of aliphatic imine (C=N–C) groups is 1. The molecule has 1 aromatic carbocycles. The first-order chi connectivity index (χ1) is 14.2. The standard InChI is InChI=1S/C22H36FN3O3.HI/c1-3-4-11-27-15-16-29-14-10-25-21(24-2)26-18-22(8-12-28-13-9-22)19-6-5-7-20(23)17-19;/h5-7,17H,3-4,8-16,18H2,1-2H3,(H2,24,25,26);1H. The number of halogens is 2. The molecule has 0 atom stereocenters. The lowest BCUT2D eigenvalue weighted by Crippen LogP contribution is -2.48. The normalized spacial score (nSPS) is 16.0. The molecule has 2 rings (SSSR count). The maximum Gasteiger partial charge on any atom is 0.191 e. The molecule has 0 saturated carbocycles. The van der Waals surface area contributed by atoms with Gasteiger partial charge in [-0.15, -0.1) is 24.0 Å². The summed E-state index contributed by atoms with van der Waals surface area (Å²) in [6.45, 7) is 7.44. The summed E-state index contributed by atoms with van der Waals surface area (Å²) < 4.78 is 30.4. The van der Waals surface area contributed by atoms with Crippen LogP contribution in [-0.2, 0) is 19.6 Å². The summed E-state index contributed by atoms with van der Waals surface area (Å²) >= 11 is 0. The highest BCUT2D eigenvalue weighted by Gasteiger charge is 2.34. The molecule has 1 aliphatic heterocycles. The van der Waals surface area contributed by atoms with Gasteiger partial charge in [0.15, 0.2) is 5.96 Å². The predicted molar refractivity (Wildman–Crippen MR) is 129 cm³/mol. The van der Waals surface area contributed by atoms with Crippen molar-refractivity contribution < 1.29 is 18.6 Å². The van der Waals surface area contributed by atoms with Crippen molar-refractivity contribution in [2.45, 2.75) is 38.0 Å². The monoisotopic (exact) mass is 537 g/mol. The molecule has 1 aliphatic rings. The highest BCUT2D eigenvalue weighted by molar-refractivity contribution is 14.0. The Kier molecular flexibility index (Phi) is 14.2. The molecule has 0 aliphatic carbocycles. The van der Waals surface area contributed by atoms with Crippen LogP contribution in [0.4, 0.5) is 4.39 Å². The van der Waals surface area contributed by atoms with E-state index in [2.05, 4.69) is 22.5 Å². The van der Waals surface area contributed by atoms with Crippen molar-refractivity contribution in [1.29, 1.82) is 0 Å². The van der Waals surface area contributed by atoms with Gasteiger partial charge in [-0.2, -0.15) is 0 Å². The lowest BCUT2D eigenvalue weighted by molar-refractivity contribution is 0.0484. The highest BCUT2D eigenvalue weighted by Crippen LogP contribution is 2.34. The van der Waals surface area contributed by atoms with Gasteiger partial charge in [0, 0.05) is 45.4 Å². The molecule has 8 heteroatoms. The third-order valence-electron chi connectivity index (χ3n) is 5.26. The second-order valence-corrected chi connectivity index (χ2v) is 7.33. The highest BCUT2D eigenvalue weighted by atomic mass is 127. The van der Waals surface area contributed by atoms with E-state index in [4.69, 9.17) is 14.2 Å². The van der Waals surface area contributed by atoms with Gasteiger partial charge >= 0.3 is 0 Å². The summed E-state index contributed by atoms with van der Waals surface area (Å²) in [7, 11) is 1.75. The summed E-state index contributed by atoms with van der Waals surface area (Å²) in [5.41, 5.74) is 0.847. The fourth-order valence-corrected chi connectivity index (χ4v) is 3.43. The topological polar surface area (TPSA) is 64.1 Å². The summed E-state index contributed by atoms with van der Waals surface area (Å²) in [6, 6.07) is 6.90. The average molecular weight is 537 g/mol. The zero-order chi connectivity index (χ0) is 20.8. The largest absolute Gasteiger partial charge is 0.381 e. The average Bonchev–Trinajstić information content (AvgIpc) is 2.75. The van der Waals surface area contributed by atoms with Crippen molar-refractivity contribution in [1.82, 2.24) is 10.6 Å². The first kappa shape index (κ1) is 27.1. The maximum atomic E-state index is 13.8. The molecule has 0 aromatic heterocycles. The van der Waals surface area contributed by atoms with Gasteiger partial charge in [0.2, 0.25) is 0 Å². The number of ether oxygens (including phenoxy) is 3. The summed E-state index contributed by atoms with van der Waals surface area (Å²) in [5.74, 6) is 0.516. The SMILES string of the molecule is CCCCOCCOCCNC(=NC)NCC1(c2cccc(F)c2)CCOCC1.I. The van der Waals surface area contributed by atoms with Crippen molar-refractivity contribution in [3.05, 3.63) is 35.6 Å². The van der Waals surface area contributed by atoms with Gasteiger partial charge in [0.1, 0.15) is 5.82 Å². The van der Waals surface area contributed by atoms with E-state index < -0.39 is 0 Å². The lowest BCUT2D eigenvalue weighted by atomic mass is 9.74. The second kappa shape index (κ2) is 15.8. The molecule has 0 unspecified atom stereocenters. The number of hydrogen-bond donors (Lipinski definition) is 2. The zero-order valence-corrected chi connectivity index (χ0v) is 20.6. The molecule has 1 aromatic rings. The maximum absolute atomic E-state index is 13.8. The fraction of sp³-hybridized carbons (Fsp3) is 0.682. The minimum atomic E-state index is -0.202. The third kappa shape index (κ3) is 9.45. The number of hydrogen-bond acceptors (Lipinski definition) is 4. The van der Waals surface area contributed by atoms with E-state index in [9.17, 15) is 4.39 Å². The summed E-state index contributed by atoms with van der Waals surface area (Å²) in [6.07, 6.45) is 3.93. The Morgan fingerprint density at radius 1 is 1.13 bits per heavy atom. The third-order valence-corrected chi connectivity index (χ3v) is 5.26. The molecule has 6 nitrogen and oxygen atoms in total. The van der Waals surface area contributed by atoms with Crippen molar-refractivity contribution in [3.63, 3.8) is 0 Å². The smallest absolute Gasteiger partial charge is 0.191 e. The first-order valence-corrected chi connectivity index (χ1v) is 10.6. The van der Waals surface area contributed by atoms with E-state index in [1.54, 1.807) is 19.2 Å². The molecule has 1 saturated heterocycles. The Bertz CT molecular complexity index is 613. The van der Waals surface area contributed by atoms with Crippen molar-refractivity contribution in [2.75, 3.05) is 59.8 Å². The minimum Gasteiger partial charge on any atom is -0.381 e. The zero-order valence-electron chi connectivity index (χ0n) is 18.3. The van der Waals surface area contributed by atoms with Crippen LogP contribution >= 0.6 is 24.0 Å². The molecule has 0 amide bonds. The van der Waals surface area contributed by atoms with Crippen molar-refractivity contribution in [2.24, 2.45) is 4.99 Å². The van der Waals surface area contributed by atoms with Gasteiger partial charge in [0.05, 0.1) is 19.8 Å². The van der Waals surface area contributed by atoms with Gasteiger partial charge < -0.3 is 24.8 Å². The molecule has 2 N–H and O–H groups in total. The van der Waals surface area contributed by atoms with Gasteiger partial charge in [0.25, 0.3) is 0 Å². The Hall–Kier alpha value is -0.970. The van der Waals surface area contributed by atoms with E-state index in [-0.39, 0.29) is 35.2 Å². The van der Waals surface area contributed by atoms with E-state index in [1.165, 1.54) is 6.07 Å². The van der Waals surface area contributed by atoms with E-state index in [0.717, 1.165) is 43.8 Å². The number of rotatable bonds is 12. The van der Waals surface area contributed by atoms with Crippen LogP contribution in [0.1, 0.15) is 38.2 Å². The summed E-state index contributed by atoms with van der Waals surface area (Å²) in [4.78, 5) is 4.29. The molecule has 0 spiro atoms. The molecule has 1 fully saturated rings. The molecule has 1 heterocycles. The van der Waals surface area contributed by atoms with Crippen LogP contribution in [0, 0.1) is 5.82 Å². The number of unbranched alkanes of at least 4 members (excludes halogenated alkanes) is 1. The van der Waals surface area contributed by atoms with Crippen LogP contribution in [-0.4, -0.2) is 65.7 Å². The molecular weight excluding hydrogens is 500 g/mol.